The van der Waals surface area contributed by atoms with E-state index in [-0.39, 0.29) is 11.6 Å². The van der Waals surface area contributed by atoms with Crippen LogP contribution in [-0.4, -0.2) is 19.7 Å². The third-order valence-corrected chi connectivity index (χ3v) is 2.81. The summed E-state index contributed by atoms with van der Waals surface area (Å²) in [6.07, 6.45) is 0. The van der Waals surface area contributed by atoms with Crippen molar-refractivity contribution in [2.75, 3.05) is 0 Å². The van der Waals surface area contributed by atoms with Crippen LogP contribution in [0.3, 0.4) is 0 Å². The van der Waals surface area contributed by atoms with Crippen molar-refractivity contribution in [1.29, 1.82) is 0 Å². The van der Waals surface area contributed by atoms with Crippen molar-refractivity contribution in [2.24, 2.45) is 0 Å². The van der Waals surface area contributed by atoms with E-state index in [9.17, 15) is 4.79 Å². The van der Waals surface area contributed by atoms with E-state index >= 15 is 0 Å². The van der Waals surface area contributed by atoms with Gasteiger partial charge < -0.3 is 4.98 Å². The van der Waals surface area contributed by atoms with Gasteiger partial charge in [-0.1, -0.05) is 0 Å². The predicted octanol–water partition coefficient (Wildman–Crippen LogP) is 2.19. The number of aromatic nitrogens is 4. The lowest BCUT2D eigenvalue weighted by Crippen LogP contribution is -2.13. The molecule has 0 aromatic carbocycles. The molecule has 0 radical (unpaired) electrons. The Morgan fingerprint density at radius 1 is 1.41 bits per heavy atom. The quantitative estimate of drug-likeness (QED) is 0.803. The fraction of sp³-hybridized carbons (Fsp3) is 0.364. The van der Waals surface area contributed by atoms with Gasteiger partial charge in [0, 0.05) is 11.7 Å². The lowest BCUT2D eigenvalue weighted by Gasteiger charge is -2.09. The number of H-pyrrole nitrogens is 2. The van der Waals surface area contributed by atoms with E-state index in [1.165, 1.54) is 0 Å². The van der Waals surface area contributed by atoms with Gasteiger partial charge in [0.05, 0.1) is 5.56 Å². The maximum absolute atomic E-state index is 11.9. The average molecular weight is 250 g/mol. The van der Waals surface area contributed by atoms with Crippen LogP contribution in [-0.2, 0) is 0 Å². The number of aryl methyl sites for hydroxylation is 1. The van der Waals surface area contributed by atoms with Gasteiger partial charge in [-0.25, -0.2) is 0 Å². The number of hydrogen-bond donors (Lipinski definition) is 2. The molecule has 0 spiro atoms. The van der Waals surface area contributed by atoms with E-state index in [1.54, 1.807) is 6.07 Å². The van der Waals surface area contributed by atoms with Gasteiger partial charge >= 0.3 is 0 Å². The van der Waals surface area contributed by atoms with Crippen molar-refractivity contribution in [3.05, 3.63) is 33.0 Å². The lowest BCUT2D eigenvalue weighted by atomic mass is 10.2. The highest BCUT2D eigenvalue weighted by Crippen LogP contribution is 2.17. The van der Waals surface area contributed by atoms with Gasteiger partial charge in [-0.15, -0.1) is 0 Å². The molecule has 0 aliphatic rings. The molecule has 0 aliphatic heterocycles. The molecule has 0 saturated heterocycles. The van der Waals surface area contributed by atoms with Gasteiger partial charge in [0.15, 0.2) is 10.6 Å². The fourth-order valence-corrected chi connectivity index (χ4v) is 2.06. The van der Waals surface area contributed by atoms with E-state index in [4.69, 9.17) is 12.2 Å². The van der Waals surface area contributed by atoms with Crippen molar-refractivity contribution >= 4 is 12.2 Å². The van der Waals surface area contributed by atoms with E-state index < -0.39 is 0 Å². The Bertz CT molecular complexity index is 650. The summed E-state index contributed by atoms with van der Waals surface area (Å²) in [5.41, 5.74) is 1.20. The van der Waals surface area contributed by atoms with Crippen molar-refractivity contribution in [2.45, 2.75) is 26.8 Å². The lowest BCUT2D eigenvalue weighted by molar-refractivity contribution is 0.596. The normalized spacial score (nSPS) is 11.1. The maximum Gasteiger partial charge on any atom is 0.259 e. The van der Waals surface area contributed by atoms with Crippen LogP contribution in [0, 0.1) is 11.7 Å². The Kier molecular flexibility index (Phi) is 2.97. The molecule has 5 nitrogen and oxygen atoms in total. The van der Waals surface area contributed by atoms with Gasteiger partial charge in [-0.05, 0) is 45.1 Å². The van der Waals surface area contributed by atoms with Crippen LogP contribution in [0.2, 0.25) is 0 Å². The molecule has 2 N–H and O–H groups in total. The zero-order valence-electron chi connectivity index (χ0n) is 9.94. The molecule has 0 amide bonds. The number of hydrogen-bond acceptors (Lipinski definition) is 3. The Morgan fingerprint density at radius 2 is 2.12 bits per heavy atom. The van der Waals surface area contributed by atoms with Crippen LogP contribution in [0.4, 0.5) is 0 Å². The Labute approximate surface area is 104 Å². The molecule has 2 rings (SSSR count). The van der Waals surface area contributed by atoms with Crippen LogP contribution in [0.5, 0.6) is 0 Å². The minimum absolute atomic E-state index is 0.150. The topological polar surface area (TPSA) is 66.5 Å². The summed E-state index contributed by atoms with van der Waals surface area (Å²) in [6.45, 7) is 5.83. The van der Waals surface area contributed by atoms with Crippen LogP contribution in [0.1, 0.15) is 25.6 Å². The van der Waals surface area contributed by atoms with E-state index in [2.05, 4.69) is 15.2 Å². The second-order valence-corrected chi connectivity index (χ2v) is 4.59. The summed E-state index contributed by atoms with van der Waals surface area (Å²) in [4.78, 5) is 14.6. The summed E-state index contributed by atoms with van der Waals surface area (Å²) in [7, 11) is 0. The second kappa shape index (κ2) is 4.29. The third-order valence-electron chi connectivity index (χ3n) is 2.52. The summed E-state index contributed by atoms with van der Waals surface area (Å²) >= 11 is 5.15. The Balaban J connectivity index is 2.69. The molecule has 2 heterocycles. The summed E-state index contributed by atoms with van der Waals surface area (Å²) in [5.74, 6) is 0.575. The van der Waals surface area contributed by atoms with Gasteiger partial charge in [0.25, 0.3) is 5.56 Å². The van der Waals surface area contributed by atoms with E-state index in [0.717, 1.165) is 5.69 Å². The first-order valence-electron chi connectivity index (χ1n) is 5.38. The van der Waals surface area contributed by atoms with Gasteiger partial charge in [0.1, 0.15) is 0 Å². The molecule has 2 aromatic rings. The molecular formula is C11H14N4OS. The highest BCUT2D eigenvalue weighted by Gasteiger charge is 2.14. The predicted molar refractivity (Wildman–Crippen MR) is 68.6 cm³/mol. The first-order chi connectivity index (χ1) is 8.00. The average Bonchev–Trinajstić information content (AvgIpc) is 2.60. The summed E-state index contributed by atoms with van der Waals surface area (Å²) < 4.78 is 2.35. The number of nitrogens with one attached hydrogen (secondary N) is 2. The monoisotopic (exact) mass is 250 g/mol. The molecule has 0 fully saturated rings. The molecule has 0 aliphatic carbocycles. The highest BCUT2D eigenvalue weighted by atomic mass is 32.1. The SMILES string of the molecule is Cc1ccc(-c2n[nH]c(=S)n2C(C)C)c(=O)[nH]1. The molecule has 90 valence electrons. The Hall–Kier alpha value is -1.69. The number of pyridine rings is 1. The van der Waals surface area contributed by atoms with Gasteiger partial charge in [0.2, 0.25) is 0 Å². The summed E-state index contributed by atoms with van der Waals surface area (Å²) in [6, 6.07) is 3.76. The largest absolute Gasteiger partial charge is 0.326 e. The first kappa shape index (κ1) is 11.8. The van der Waals surface area contributed by atoms with Crippen LogP contribution in [0.25, 0.3) is 11.4 Å². The van der Waals surface area contributed by atoms with Crippen LogP contribution < -0.4 is 5.56 Å². The van der Waals surface area contributed by atoms with Crippen LogP contribution in [0.15, 0.2) is 16.9 Å². The summed E-state index contributed by atoms with van der Waals surface area (Å²) in [5, 5.41) is 6.85. The zero-order chi connectivity index (χ0) is 12.6. The van der Waals surface area contributed by atoms with Crippen molar-refractivity contribution in [3.63, 3.8) is 0 Å². The van der Waals surface area contributed by atoms with Crippen molar-refractivity contribution < 1.29 is 0 Å². The van der Waals surface area contributed by atoms with Crippen molar-refractivity contribution in [3.8, 4) is 11.4 Å². The molecule has 17 heavy (non-hydrogen) atoms. The minimum atomic E-state index is -0.152. The smallest absolute Gasteiger partial charge is 0.259 e. The molecule has 6 heteroatoms. The highest BCUT2D eigenvalue weighted by molar-refractivity contribution is 7.71. The number of nitrogens with zero attached hydrogens (tertiary/aromatic N) is 2. The standard InChI is InChI=1S/C11H14N4OS/c1-6(2)15-9(13-14-11(15)17)8-5-4-7(3)12-10(8)16/h4-6H,1-3H3,(H,12,16)(H,14,17). The maximum atomic E-state index is 11.9. The first-order valence-corrected chi connectivity index (χ1v) is 5.78. The van der Waals surface area contributed by atoms with Crippen LogP contribution >= 0.6 is 12.2 Å². The number of rotatable bonds is 2. The number of aromatic amines is 2. The third kappa shape index (κ3) is 2.08. The Morgan fingerprint density at radius 3 is 2.71 bits per heavy atom. The second-order valence-electron chi connectivity index (χ2n) is 4.20. The van der Waals surface area contributed by atoms with Gasteiger partial charge in [-0.3, -0.25) is 14.5 Å². The molecular weight excluding hydrogens is 236 g/mol. The molecule has 0 unspecified atom stereocenters. The van der Waals surface area contributed by atoms with Crippen molar-refractivity contribution in [1.82, 2.24) is 19.7 Å². The van der Waals surface area contributed by atoms with E-state index in [1.807, 2.05) is 31.4 Å². The van der Waals surface area contributed by atoms with E-state index in [0.29, 0.717) is 16.2 Å². The molecule has 2 aromatic heterocycles. The molecule has 0 atom stereocenters. The minimum Gasteiger partial charge on any atom is -0.326 e. The molecule has 0 saturated carbocycles. The van der Waals surface area contributed by atoms with Gasteiger partial charge in [-0.2, -0.15) is 5.10 Å². The molecule has 0 bridgehead atoms. The fourth-order valence-electron chi connectivity index (χ4n) is 1.72. The zero-order valence-corrected chi connectivity index (χ0v) is 10.8.